The number of amides is 1. The molecule has 2 aliphatic heterocycles. The van der Waals surface area contributed by atoms with Crippen LogP contribution in [-0.4, -0.2) is 72.3 Å². The normalized spacial score (nSPS) is 18.1. The second-order valence-electron chi connectivity index (χ2n) is 9.12. The van der Waals surface area contributed by atoms with Crippen LogP contribution in [0.15, 0.2) is 36.3 Å². The van der Waals surface area contributed by atoms with Crippen molar-refractivity contribution in [2.24, 2.45) is 0 Å². The summed E-state index contributed by atoms with van der Waals surface area (Å²) in [6, 6.07) is 6.13. The van der Waals surface area contributed by atoms with E-state index >= 15 is 8.78 Å². The number of rotatable bonds is 4. The van der Waals surface area contributed by atoms with Crippen LogP contribution in [0.3, 0.4) is 0 Å². The number of pyridine rings is 1. The van der Waals surface area contributed by atoms with Crippen LogP contribution in [0.5, 0.6) is 0 Å². The summed E-state index contributed by atoms with van der Waals surface area (Å²) in [5.41, 5.74) is 2.17. The van der Waals surface area contributed by atoms with Crippen LogP contribution in [0.4, 0.5) is 19.3 Å². The molecule has 0 spiro atoms. The Morgan fingerprint density at radius 1 is 1.27 bits per heavy atom. The van der Waals surface area contributed by atoms with Crippen molar-refractivity contribution in [2.45, 2.75) is 25.9 Å². The van der Waals surface area contributed by atoms with Crippen molar-refractivity contribution in [3.8, 4) is 11.3 Å². The number of imidazole rings is 1. The molecule has 2 saturated heterocycles. The number of anilines is 1. The lowest BCUT2D eigenvalue weighted by Gasteiger charge is -2.32. The third-order valence-corrected chi connectivity index (χ3v) is 6.67. The molecule has 4 heterocycles. The molecule has 1 amide bonds. The Bertz CT molecular complexity index is 1380. The average molecular weight is 512 g/mol. The van der Waals surface area contributed by atoms with Crippen molar-refractivity contribution in [3.05, 3.63) is 59.2 Å². The number of carbonyl (C=O) groups excluding carboxylic acids is 2. The Balaban J connectivity index is 1.56. The molecule has 1 aromatic carbocycles. The fourth-order valence-electron chi connectivity index (χ4n) is 4.89. The standard InChI is InChI=1S/C26H27F2N5O4/c1-16-4-7-33-21(13-18-14-31(8-9-37-18)26(35)36-2)25(30-22(33)10-16)24-19(27)11-17(12-20(24)28)32-6-3-5-29-23(32)15-34/h4,7,10-12,18,29H,3,5-6,8-9,13-14H2,1-2H3/t18-/m0/s1. The van der Waals surface area contributed by atoms with Gasteiger partial charge >= 0.3 is 6.09 Å². The van der Waals surface area contributed by atoms with Gasteiger partial charge in [-0.1, -0.05) is 0 Å². The Kier molecular flexibility index (Phi) is 6.82. The molecule has 37 heavy (non-hydrogen) atoms. The summed E-state index contributed by atoms with van der Waals surface area (Å²) in [5.74, 6) is 0.349. The van der Waals surface area contributed by atoms with Crippen molar-refractivity contribution < 1.29 is 27.8 Å². The van der Waals surface area contributed by atoms with E-state index in [0.29, 0.717) is 44.0 Å². The number of ether oxygens (including phenoxy) is 2. The summed E-state index contributed by atoms with van der Waals surface area (Å²) in [6.45, 7) is 3.93. The molecular formula is C26H27F2N5O4. The van der Waals surface area contributed by atoms with Crippen LogP contribution in [0.25, 0.3) is 16.9 Å². The minimum absolute atomic E-state index is 0.145. The Morgan fingerprint density at radius 2 is 2.05 bits per heavy atom. The third-order valence-electron chi connectivity index (χ3n) is 6.67. The van der Waals surface area contributed by atoms with E-state index in [1.165, 1.54) is 24.1 Å². The lowest BCUT2D eigenvalue weighted by atomic mass is 10.0. The molecule has 1 N–H and O–H groups in total. The number of carbonyl (C=O) groups is 1. The summed E-state index contributed by atoms with van der Waals surface area (Å²) < 4.78 is 43.8. The van der Waals surface area contributed by atoms with E-state index < -0.39 is 23.8 Å². The van der Waals surface area contributed by atoms with Crippen LogP contribution >= 0.6 is 0 Å². The van der Waals surface area contributed by atoms with E-state index in [1.54, 1.807) is 15.2 Å². The van der Waals surface area contributed by atoms with E-state index in [-0.39, 0.29) is 35.7 Å². The van der Waals surface area contributed by atoms with Crippen LogP contribution < -0.4 is 10.2 Å². The van der Waals surface area contributed by atoms with E-state index in [9.17, 15) is 9.59 Å². The summed E-state index contributed by atoms with van der Waals surface area (Å²) >= 11 is 0. The van der Waals surface area contributed by atoms with E-state index in [0.717, 1.165) is 5.56 Å². The van der Waals surface area contributed by atoms with Gasteiger partial charge in [-0.25, -0.2) is 23.4 Å². The molecule has 9 nitrogen and oxygen atoms in total. The molecule has 2 aliphatic rings. The summed E-state index contributed by atoms with van der Waals surface area (Å²) in [6.07, 6.45) is 1.91. The zero-order chi connectivity index (χ0) is 26.1. The van der Waals surface area contributed by atoms with Gasteiger partial charge in [0, 0.05) is 37.9 Å². The summed E-state index contributed by atoms with van der Waals surface area (Å²) in [5, 5.41) is 2.90. The number of morpholine rings is 1. The lowest BCUT2D eigenvalue weighted by molar-refractivity contribution is -0.0241. The lowest BCUT2D eigenvalue weighted by Crippen LogP contribution is -2.46. The van der Waals surface area contributed by atoms with Gasteiger partial charge in [-0.05, 0) is 43.2 Å². The molecule has 0 saturated carbocycles. The number of nitrogens with one attached hydrogen (secondary N) is 1. The number of fused-ring (bicyclic) bond motifs is 1. The molecule has 194 valence electrons. The predicted molar refractivity (Wildman–Crippen MR) is 132 cm³/mol. The van der Waals surface area contributed by atoms with E-state index in [4.69, 9.17) is 9.47 Å². The van der Waals surface area contributed by atoms with Crippen LogP contribution in [0.1, 0.15) is 17.7 Å². The van der Waals surface area contributed by atoms with Crippen molar-refractivity contribution in [3.63, 3.8) is 0 Å². The molecule has 11 heteroatoms. The Hall–Kier alpha value is -3.95. The minimum atomic E-state index is -0.798. The number of aryl methyl sites for hydroxylation is 1. The number of nitrogens with zero attached hydrogens (tertiary/aromatic N) is 4. The SMILES string of the molecule is COC(=O)N1CCO[C@@H](Cc2c(-c3c(F)cc(N4CCCNC4=C=O)cc3F)nc3cc(C)ccn23)C1. The first kappa shape index (κ1) is 24.7. The van der Waals surface area contributed by atoms with E-state index in [1.807, 2.05) is 25.3 Å². The molecule has 0 radical (unpaired) electrons. The van der Waals surface area contributed by atoms with Crippen LogP contribution in [0.2, 0.25) is 0 Å². The van der Waals surface area contributed by atoms with Gasteiger partial charge in [0.15, 0.2) is 11.8 Å². The second kappa shape index (κ2) is 10.2. The molecule has 2 fully saturated rings. The monoisotopic (exact) mass is 511 g/mol. The van der Waals surface area contributed by atoms with Crippen LogP contribution in [-0.2, 0) is 20.7 Å². The molecule has 1 atom stereocenters. The number of hydrogen-bond acceptors (Lipinski definition) is 7. The van der Waals surface area contributed by atoms with Gasteiger partial charge in [0.2, 0.25) is 0 Å². The zero-order valence-corrected chi connectivity index (χ0v) is 20.6. The number of halogens is 2. The molecular weight excluding hydrogens is 484 g/mol. The second-order valence-corrected chi connectivity index (χ2v) is 9.12. The highest BCUT2D eigenvalue weighted by atomic mass is 19.1. The van der Waals surface area contributed by atoms with Crippen molar-refractivity contribution in [1.29, 1.82) is 0 Å². The Labute approximate surface area is 212 Å². The van der Waals surface area contributed by atoms with Crippen LogP contribution in [0, 0.1) is 18.6 Å². The Morgan fingerprint density at radius 3 is 2.78 bits per heavy atom. The maximum Gasteiger partial charge on any atom is 0.409 e. The number of aromatic nitrogens is 2. The topological polar surface area (TPSA) is 88.4 Å². The number of benzene rings is 1. The fraction of sp³-hybridized carbons (Fsp3) is 0.385. The molecule has 2 aromatic heterocycles. The molecule has 5 rings (SSSR count). The minimum Gasteiger partial charge on any atom is -0.453 e. The number of hydrogen-bond donors (Lipinski definition) is 1. The third kappa shape index (κ3) is 4.75. The van der Waals surface area contributed by atoms with Crippen molar-refractivity contribution >= 4 is 23.4 Å². The molecule has 0 bridgehead atoms. The smallest absolute Gasteiger partial charge is 0.409 e. The maximum absolute atomic E-state index is 15.6. The molecule has 0 unspecified atom stereocenters. The van der Waals surface area contributed by atoms with Gasteiger partial charge in [0.05, 0.1) is 43.3 Å². The first-order valence-corrected chi connectivity index (χ1v) is 12.1. The molecule has 3 aromatic rings. The summed E-state index contributed by atoms with van der Waals surface area (Å²) in [7, 11) is 1.32. The number of methoxy groups -OCH3 is 1. The van der Waals surface area contributed by atoms with Crippen molar-refractivity contribution in [1.82, 2.24) is 19.6 Å². The molecule has 0 aliphatic carbocycles. The quantitative estimate of drug-likeness (QED) is 0.539. The largest absolute Gasteiger partial charge is 0.453 e. The van der Waals surface area contributed by atoms with Gasteiger partial charge in [-0.2, -0.15) is 0 Å². The highest BCUT2D eigenvalue weighted by Gasteiger charge is 2.30. The van der Waals surface area contributed by atoms with Gasteiger partial charge in [0.25, 0.3) is 0 Å². The van der Waals surface area contributed by atoms with Gasteiger partial charge in [-0.3, -0.25) is 0 Å². The fourth-order valence-corrected chi connectivity index (χ4v) is 4.89. The predicted octanol–water partition coefficient (Wildman–Crippen LogP) is 3.07. The van der Waals surface area contributed by atoms with Gasteiger partial charge < -0.3 is 29.0 Å². The average Bonchev–Trinajstić information content (AvgIpc) is 3.24. The van der Waals surface area contributed by atoms with E-state index in [2.05, 4.69) is 10.3 Å². The maximum atomic E-state index is 15.6. The van der Waals surface area contributed by atoms with Crippen molar-refractivity contribution in [2.75, 3.05) is 44.8 Å². The highest BCUT2D eigenvalue weighted by Crippen LogP contribution is 2.34. The first-order valence-electron chi connectivity index (χ1n) is 12.1. The zero-order valence-electron chi connectivity index (χ0n) is 20.6. The first-order chi connectivity index (χ1) is 17.9. The highest BCUT2D eigenvalue weighted by molar-refractivity contribution is 5.72. The van der Waals surface area contributed by atoms with Gasteiger partial charge in [0.1, 0.15) is 17.3 Å². The summed E-state index contributed by atoms with van der Waals surface area (Å²) in [4.78, 5) is 31.0. The van der Waals surface area contributed by atoms with Gasteiger partial charge in [-0.15, -0.1) is 0 Å².